The Bertz CT molecular complexity index is 692. The molecule has 0 saturated heterocycles. The Labute approximate surface area is 138 Å². The molecule has 2 aromatic carbocycles. The van der Waals surface area contributed by atoms with Gasteiger partial charge >= 0.3 is 0 Å². The summed E-state index contributed by atoms with van der Waals surface area (Å²) in [6.07, 6.45) is -0.560. The molecule has 0 aliphatic heterocycles. The smallest absolute Gasteiger partial charge is 0.265 e. The van der Waals surface area contributed by atoms with Crippen molar-refractivity contribution in [3.63, 3.8) is 0 Å². The van der Waals surface area contributed by atoms with Crippen LogP contribution in [0.2, 0.25) is 0 Å². The van der Waals surface area contributed by atoms with Gasteiger partial charge in [0.15, 0.2) is 6.10 Å². The summed E-state index contributed by atoms with van der Waals surface area (Å²) in [5.74, 6) is 0.983. The second-order valence-corrected chi connectivity index (χ2v) is 6.31. The fraction of sp³-hybridized carbons (Fsp3) is 0.350. The molecule has 0 heterocycles. The van der Waals surface area contributed by atoms with Crippen molar-refractivity contribution in [2.45, 2.75) is 46.6 Å². The lowest BCUT2D eigenvalue weighted by molar-refractivity contribution is -0.122. The number of rotatable bonds is 5. The summed E-state index contributed by atoms with van der Waals surface area (Å²) in [6.45, 7) is 10.0. The third kappa shape index (κ3) is 4.59. The number of carbonyl (C=O) groups excluding carboxylic acids is 1. The standard InChI is InChI=1S/C20H25NO2/c1-13(2)18-10-9-15(4)12-19(18)23-16(5)20(22)21-17-8-6-7-14(3)11-17/h6-13,16H,1-5H3,(H,21,22). The van der Waals surface area contributed by atoms with E-state index in [4.69, 9.17) is 4.74 Å². The Kier molecular flexibility index (Phi) is 5.43. The van der Waals surface area contributed by atoms with Gasteiger partial charge in [0.05, 0.1) is 0 Å². The molecule has 1 N–H and O–H groups in total. The normalized spacial score (nSPS) is 12.1. The molecule has 0 radical (unpaired) electrons. The van der Waals surface area contributed by atoms with Crippen LogP contribution in [0, 0.1) is 13.8 Å². The molecule has 3 heteroatoms. The first-order valence-corrected chi connectivity index (χ1v) is 8.01. The van der Waals surface area contributed by atoms with Crippen LogP contribution in [-0.2, 0) is 4.79 Å². The molecule has 0 aromatic heterocycles. The maximum absolute atomic E-state index is 12.4. The largest absolute Gasteiger partial charge is 0.481 e. The topological polar surface area (TPSA) is 38.3 Å². The third-order valence-electron chi connectivity index (χ3n) is 3.75. The van der Waals surface area contributed by atoms with Crippen molar-refractivity contribution in [1.82, 2.24) is 0 Å². The van der Waals surface area contributed by atoms with Crippen LogP contribution in [0.3, 0.4) is 0 Å². The molecular weight excluding hydrogens is 286 g/mol. The Morgan fingerprint density at radius 2 is 1.70 bits per heavy atom. The van der Waals surface area contributed by atoms with Gasteiger partial charge in [0.25, 0.3) is 5.91 Å². The van der Waals surface area contributed by atoms with Crippen molar-refractivity contribution < 1.29 is 9.53 Å². The zero-order valence-corrected chi connectivity index (χ0v) is 14.5. The number of anilines is 1. The van der Waals surface area contributed by atoms with Crippen LogP contribution >= 0.6 is 0 Å². The molecule has 0 aliphatic rings. The molecule has 1 amide bonds. The highest BCUT2D eigenvalue weighted by molar-refractivity contribution is 5.94. The fourth-order valence-corrected chi connectivity index (χ4v) is 2.43. The molecule has 23 heavy (non-hydrogen) atoms. The molecule has 1 unspecified atom stereocenters. The average molecular weight is 311 g/mol. The number of ether oxygens (including phenoxy) is 1. The average Bonchev–Trinajstić information content (AvgIpc) is 2.46. The van der Waals surface area contributed by atoms with Gasteiger partial charge in [0.1, 0.15) is 5.75 Å². The van der Waals surface area contributed by atoms with E-state index in [2.05, 4.69) is 31.3 Å². The van der Waals surface area contributed by atoms with Crippen LogP contribution in [0.4, 0.5) is 5.69 Å². The lowest BCUT2D eigenvalue weighted by Crippen LogP contribution is -2.30. The van der Waals surface area contributed by atoms with Gasteiger partial charge in [-0.25, -0.2) is 0 Å². The highest BCUT2D eigenvalue weighted by atomic mass is 16.5. The molecule has 0 aliphatic carbocycles. The number of hydrogen-bond acceptors (Lipinski definition) is 2. The van der Waals surface area contributed by atoms with E-state index in [0.717, 1.165) is 28.1 Å². The van der Waals surface area contributed by atoms with Gasteiger partial charge in [0.2, 0.25) is 0 Å². The summed E-state index contributed by atoms with van der Waals surface area (Å²) < 4.78 is 5.94. The van der Waals surface area contributed by atoms with Crippen LogP contribution in [0.5, 0.6) is 5.75 Å². The summed E-state index contributed by atoms with van der Waals surface area (Å²) in [5, 5.41) is 2.90. The van der Waals surface area contributed by atoms with Gasteiger partial charge in [-0.05, 0) is 61.6 Å². The SMILES string of the molecule is Cc1cccc(NC(=O)C(C)Oc2cc(C)ccc2C(C)C)c1. The number of nitrogens with one attached hydrogen (secondary N) is 1. The number of amides is 1. The van der Waals surface area contributed by atoms with Crippen molar-refractivity contribution in [1.29, 1.82) is 0 Å². The Balaban J connectivity index is 2.11. The minimum Gasteiger partial charge on any atom is -0.481 e. The van der Waals surface area contributed by atoms with Gasteiger partial charge < -0.3 is 10.1 Å². The van der Waals surface area contributed by atoms with E-state index in [1.54, 1.807) is 6.92 Å². The van der Waals surface area contributed by atoms with Gasteiger partial charge in [0, 0.05) is 5.69 Å². The fourth-order valence-electron chi connectivity index (χ4n) is 2.43. The molecule has 3 nitrogen and oxygen atoms in total. The van der Waals surface area contributed by atoms with Crippen LogP contribution < -0.4 is 10.1 Å². The van der Waals surface area contributed by atoms with Crippen molar-refractivity contribution in [3.05, 3.63) is 59.2 Å². The van der Waals surface area contributed by atoms with Crippen molar-refractivity contribution in [2.75, 3.05) is 5.32 Å². The number of benzene rings is 2. The van der Waals surface area contributed by atoms with Crippen LogP contribution in [0.1, 0.15) is 43.4 Å². The Morgan fingerprint density at radius 3 is 2.35 bits per heavy atom. The zero-order chi connectivity index (χ0) is 17.0. The van der Waals surface area contributed by atoms with Crippen LogP contribution in [0.15, 0.2) is 42.5 Å². The molecular formula is C20H25NO2. The highest BCUT2D eigenvalue weighted by Crippen LogP contribution is 2.28. The van der Waals surface area contributed by atoms with E-state index in [1.807, 2.05) is 44.2 Å². The third-order valence-corrected chi connectivity index (χ3v) is 3.75. The zero-order valence-electron chi connectivity index (χ0n) is 14.5. The Morgan fingerprint density at radius 1 is 1.00 bits per heavy atom. The first-order chi connectivity index (χ1) is 10.9. The highest BCUT2D eigenvalue weighted by Gasteiger charge is 2.17. The first-order valence-electron chi connectivity index (χ1n) is 8.01. The van der Waals surface area contributed by atoms with E-state index in [9.17, 15) is 4.79 Å². The minimum absolute atomic E-state index is 0.146. The van der Waals surface area contributed by atoms with Gasteiger partial charge in [-0.2, -0.15) is 0 Å². The van der Waals surface area contributed by atoms with Crippen LogP contribution in [-0.4, -0.2) is 12.0 Å². The molecule has 122 valence electrons. The van der Waals surface area contributed by atoms with Gasteiger partial charge in [-0.3, -0.25) is 4.79 Å². The van der Waals surface area contributed by atoms with Gasteiger partial charge in [-0.1, -0.05) is 38.1 Å². The quantitative estimate of drug-likeness (QED) is 0.858. The van der Waals surface area contributed by atoms with Crippen molar-refractivity contribution in [3.8, 4) is 5.75 Å². The minimum atomic E-state index is -0.560. The summed E-state index contributed by atoms with van der Waals surface area (Å²) in [6, 6.07) is 13.9. The lowest BCUT2D eigenvalue weighted by atomic mass is 10.0. The second kappa shape index (κ2) is 7.32. The molecule has 0 spiro atoms. The first kappa shape index (κ1) is 17.1. The van der Waals surface area contributed by atoms with Gasteiger partial charge in [-0.15, -0.1) is 0 Å². The predicted molar refractivity (Wildman–Crippen MR) is 95.2 cm³/mol. The molecule has 2 aromatic rings. The van der Waals surface area contributed by atoms with E-state index < -0.39 is 6.10 Å². The number of hydrogen-bond donors (Lipinski definition) is 1. The number of aryl methyl sites for hydroxylation is 2. The summed E-state index contributed by atoms with van der Waals surface area (Å²) in [4.78, 5) is 12.4. The summed E-state index contributed by atoms with van der Waals surface area (Å²) >= 11 is 0. The molecule has 2 rings (SSSR count). The van der Waals surface area contributed by atoms with E-state index >= 15 is 0 Å². The maximum atomic E-state index is 12.4. The lowest BCUT2D eigenvalue weighted by Gasteiger charge is -2.19. The summed E-state index contributed by atoms with van der Waals surface area (Å²) in [7, 11) is 0. The van der Waals surface area contributed by atoms with Crippen molar-refractivity contribution in [2.24, 2.45) is 0 Å². The maximum Gasteiger partial charge on any atom is 0.265 e. The van der Waals surface area contributed by atoms with E-state index in [1.165, 1.54) is 0 Å². The van der Waals surface area contributed by atoms with E-state index in [-0.39, 0.29) is 5.91 Å². The molecule has 0 fully saturated rings. The van der Waals surface area contributed by atoms with Crippen LogP contribution in [0.25, 0.3) is 0 Å². The molecule has 0 saturated carbocycles. The second-order valence-electron chi connectivity index (χ2n) is 6.31. The predicted octanol–water partition coefficient (Wildman–Crippen LogP) is 4.83. The van der Waals surface area contributed by atoms with Crippen molar-refractivity contribution >= 4 is 11.6 Å². The molecule has 1 atom stereocenters. The number of carbonyl (C=O) groups is 1. The molecule has 0 bridgehead atoms. The Hall–Kier alpha value is -2.29. The monoisotopic (exact) mass is 311 g/mol. The van der Waals surface area contributed by atoms with E-state index in [0.29, 0.717) is 5.92 Å². The summed E-state index contributed by atoms with van der Waals surface area (Å²) in [5.41, 5.74) is 4.14.